The minimum atomic E-state index is -2.93. The van der Waals surface area contributed by atoms with Crippen LogP contribution in [0.25, 0.3) is 0 Å². The molecule has 1 rings (SSSR count). The molecule has 1 atom stereocenters. The number of rotatable bonds is 3. The highest BCUT2D eigenvalue weighted by Crippen LogP contribution is 2.23. The van der Waals surface area contributed by atoms with E-state index in [4.69, 9.17) is 0 Å². The van der Waals surface area contributed by atoms with E-state index >= 15 is 0 Å². The van der Waals surface area contributed by atoms with Crippen molar-refractivity contribution in [2.75, 3.05) is 7.11 Å². The van der Waals surface area contributed by atoms with E-state index in [-0.39, 0.29) is 5.75 Å². The zero-order chi connectivity index (χ0) is 11.4. The van der Waals surface area contributed by atoms with Gasteiger partial charge >= 0.3 is 14.2 Å². The first-order valence-corrected chi connectivity index (χ1v) is 5.15. The van der Waals surface area contributed by atoms with E-state index in [1.54, 1.807) is 6.92 Å². The maximum Gasteiger partial charge on any atom is 0.539 e. The summed E-state index contributed by atoms with van der Waals surface area (Å²) in [6.45, 7) is 1.66. The van der Waals surface area contributed by atoms with Crippen LogP contribution in [0.5, 0.6) is 5.75 Å². The first kappa shape index (κ1) is 11.6. The lowest BCUT2D eigenvalue weighted by Gasteiger charge is -2.03. The Balaban J connectivity index is 2.97. The highest BCUT2D eigenvalue weighted by atomic mass is 31.1. The molecule has 0 saturated carbocycles. The quantitative estimate of drug-likeness (QED) is 0.573. The van der Waals surface area contributed by atoms with Gasteiger partial charge in [-0.1, -0.05) is 0 Å². The molecule has 1 unspecified atom stereocenters. The molecule has 0 amide bonds. The summed E-state index contributed by atoms with van der Waals surface area (Å²) in [5.41, 5.74) is 0.974. The van der Waals surface area contributed by atoms with E-state index in [1.165, 1.54) is 25.3 Å². The van der Waals surface area contributed by atoms with Crippen LogP contribution < -0.4 is 9.42 Å². The molecule has 0 fully saturated rings. The fourth-order valence-electron chi connectivity index (χ4n) is 1.12. The Morgan fingerprint density at radius 2 is 2.13 bits per heavy atom. The molecule has 80 valence electrons. The molecular formula is C9H9O5P. The van der Waals surface area contributed by atoms with Gasteiger partial charge in [-0.05, 0) is 35.3 Å². The van der Waals surface area contributed by atoms with Crippen molar-refractivity contribution in [2.24, 2.45) is 0 Å². The molecule has 0 N–H and O–H groups in total. The number of carbonyl (C=O) groups is 1. The molecule has 0 aliphatic carbocycles. The van der Waals surface area contributed by atoms with Gasteiger partial charge in [0.2, 0.25) is 0 Å². The lowest BCUT2D eigenvalue weighted by molar-refractivity contribution is -0.178. The van der Waals surface area contributed by atoms with Gasteiger partial charge in [0, 0.05) is 0 Å². The molecule has 15 heavy (non-hydrogen) atoms. The van der Waals surface area contributed by atoms with Gasteiger partial charge in [-0.15, -0.1) is 0 Å². The lowest BCUT2D eigenvalue weighted by Crippen LogP contribution is -2.03. The van der Waals surface area contributed by atoms with E-state index in [0.29, 0.717) is 11.1 Å². The van der Waals surface area contributed by atoms with E-state index < -0.39 is 14.2 Å². The van der Waals surface area contributed by atoms with Gasteiger partial charge in [-0.25, -0.2) is 4.79 Å². The van der Waals surface area contributed by atoms with Crippen molar-refractivity contribution in [2.45, 2.75) is 6.92 Å². The maximum atomic E-state index is 11.2. The van der Waals surface area contributed by atoms with E-state index in [2.05, 4.69) is 9.26 Å². The summed E-state index contributed by atoms with van der Waals surface area (Å²) in [5, 5.41) is 0. The van der Waals surface area contributed by atoms with Gasteiger partial charge in [0.25, 0.3) is 0 Å². The third-order valence-corrected chi connectivity index (χ3v) is 2.14. The number of aryl methyl sites for hydroxylation is 1. The van der Waals surface area contributed by atoms with Crippen molar-refractivity contribution in [3.05, 3.63) is 29.3 Å². The van der Waals surface area contributed by atoms with Gasteiger partial charge in [0.1, 0.15) is 0 Å². The highest BCUT2D eigenvalue weighted by Gasteiger charge is 2.12. The van der Waals surface area contributed by atoms with Crippen molar-refractivity contribution in [1.29, 1.82) is 0 Å². The maximum absolute atomic E-state index is 11.2. The van der Waals surface area contributed by atoms with Crippen LogP contribution in [0.15, 0.2) is 18.2 Å². The Kier molecular flexibility index (Phi) is 3.77. The molecule has 5 nitrogen and oxygen atoms in total. The fraction of sp³-hybridized carbons (Fsp3) is 0.222. The molecule has 0 radical (unpaired) electrons. The van der Waals surface area contributed by atoms with Gasteiger partial charge in [-0.2, -0.15) is 0 Å². The van der Waals surface area contributed by atoms with Gasteiger partial charge in [0.05, 0.1) is 12.7 Å². The topological polar surface area (TPSA) is 75.7 Å². The number of hydrogen-bond donors (Lipinski definition) is 0. The predicted octanol–water partition coefficient (Wildman–Crippen LogP) is 1.18. The highest BCUT2D eigenvalue weighted by molar-refractivity contribution is 7.31. The van der Waals surface area contributed by atoms with Crippen LogP contribution in [0.1, 0.15) is 15.9 Å². The minimum absolute atomic E-state index is 0.177. The van der Waals surface area contributed by atoms with Crippen molar-refractivity contribution in [1.82, 2.24) is 0 Å². The number of esters is 1. The second-order valence-corrected chi connectivity index (χ2v) is 3.41. The summed E-state index contributed by atoms with van der Waals surface area (Å²) < 4.78 is 19.3. The van der Waals surface area contributed by atoms with E-state index in [1.807, 2.05) is 0 Å². The molecule has 0 bridgehead atoms. The second-order valence-electron chi connectivity index (χ2n) is 2.78. The molecule has 0 spiro atoms. The van der Waals surface area contributed by atoms with Crippen molar-refractivity contribution in [3.8, 4) is 5.75 Å². The smallest absolute Gasteiger partial charge is 0.539 e. The SMILES string of the molecule is COC(=O)c1ccc(O[P+](=O)[O-])cc1C. The summed E-state index contributed by atoms with van der Waals surface area (Å²) in [6, 6.07) is 4.30. The molecule has 0 aliphatic rings. The number of hydrogen-bond acceptors (Lipinski definition) is 5. The summed E-state index contributed by atoms with van der Waals surface area (Å²) in [6.07, 6.45) is 0. The molecule has 0 aliphatic heterocycles. The number of ether oxygens (including phenoxy) is 1. The first-order valence-electron chi connectivity index (χ1n) is 4.06. The monoisotopic (exact) mass is 228 g/mol. The van der Waals surface area contributed by atoms with E-state index in [9.17, 15) is 14.3 Å². The Bertz CT molecular complexity index is 401. The Labute approximate surface area is 87.6 Å². The van der Waals surface area contributed by atoms with Crippen LogP contribution in [0.2, 0.25) is 0 Å². The number of carbonyl (C=O) groups excluding carboxylic acids is 1. The summed E-state index contributed by atoms with van der Waals surface area (Å²) >= 11 is 0. The van der Waals surface area contributed by atoms with E-state index in [0.717, 1.165) is 0 Å². The predicted molar refractivity (Wildman–Crippen MR) is 50.8 cm³/mol. The third kappa shape index (κ3) is 3.01. The Hall–Kier alpha value is -1.45. The van der Waals surface area contributed by atoms with Gasteiger partial charge in [-0.3, -0.25) is 4.52 Å². The first-order chi connectivity index (χ1) is 7.04. The Morgan fingerprint density at radius 1 is 1.47 bits per heavy atom. The third-order valence-electron chi connectivity index (χ3n) is 1.78. The zero-order valence-electron chi connectivity index (χ0n) is 8.22. The average molecular weight is 228 g/mol. The molecular weight excluding hydrogens is 219 g/mol. The van der Waals surface area contributed by atoms with Crippen molar-refractivity contribution >= 4 is 14.2 Å². The largest absolute Gasteiger partial charge is 0.558 e. The van der Waals surface area contributed by atoms with Crippen LogP contribution >= 0.6 is 8.25 Å². The molecule has 6 heteroatoms. The fourth-order valence-corrected chi connectivity index (χ4v) is 1.40. The zero-order valence-corrected chi connectivity index (χ0v) is 9.11. The molecule has 0 aromatic heterocycles. The van der Waals surface area contributed by atoms with Crippen LogP contribution in [0.3, 0.4) is 0 Å². The molecule has 0 heterocycles. The lowest BCUT2D eigenvalue weighted by atomic mass is 10.1. The average Bonchev–Trinajstić information content (AvgIpc) is 2.16. The van der Waals surface area contributed by atoms with Crippen LogP contribution in [0, 0.1) is 6.92 Å². The molecule has 1 aromatic carbocycles. The number of methoxy groups -OCH3 is 1. The number of benzene rings is 1. The van der Waals surface area contributed by atoms with Crippen molar-refractivity contribution in [3.63, 3.8) is 0 Å². The van der Waals surface area contributed by atoms with Crippen LogP contribution in [-0.4, -0.2) is 13.1 Å². The van der Waals surface area contributed by atoms with Crippen LogP contribution in [-0.2, 0) is 9.30 Å². The molecule has 0 saturated heterocycles. The van der Waals surface area contributed by atoms with Gasteiger partial charge < -0.3 is 9.63 Å². The normalized spacial score (nSPS) is 10.7. The summed E-state index contributed by atoms with van der Waals surface area (Å²) in [5.74, 6) is -0.290. The van der Waals surface area contributed by atoms with Gasteiger partial charge in [0.15, 0.2) is 5.75 Å². The molecule has 1 aromatic rings. The second kappa shape index (κ2) is 4.87. The minimum Gasteiger partial charge on any atom is -0.558 e. The summed E-state index contributed by atoms with van der Waals surface area (Å²) in [7, 11) is -1.66. The standard InChI is InChI=1S/C9H9O5P/c1-6-5-7(14-15(11)12)3-4-8(6)9(10)13-2/h3-5H,1-2H3. The Morgan fingerprint density at radius 3 is 2.60 bits per heavy atom. The van der Waals surface area contributed by atoms with Crippen LogP contribution in [0.4, 0.5) is 0 Å². The summed E-state index contributed by atoms with van der Waals surface area (Å²) in [4.78, 5) is 21.5. The van der Waals surface area contributed by atoms with Crippen molar-refractivity contribution < 1.29 is 23.5 Å².